The van der Waals surface area contributed by atoms with Gasteiger partial charge in [-0.2, -0.15) is 0 Å². The molecular formula is C16H15FO2. The quantitative estimate of drug-likeness (QED) is 0.906. The molecule has 1 aliphatic rings. The number of aliphatic hydroxyl groups excluding tert-OH is 1. The Kier molecular flexibility index (Phi) is 3.22. The molecule has 1 saturated carbocycles. The largest absolute Gasteiger partial charge is 0.457 e. The summed E-state index contributed by atoms with van der Waals surface area (Å²) in [6.45, 7) is 0. The van der Waals surface area contributed by atoms with Crippen LogP contribution in [0.25, 0.3) is 0 Å². The second-order valence-corrected chi connectivity index (χ2v) is 4.95. The predicted molar refractivity (Wildman–Crippen MR) is 70.9 cm³/mol. The van der Waals surface area contributed by atoms with Crippen LogP contribution in [0.15, 0.2) is 48.5 Å². The van der Waals surface area contributed by atoms with E-state index in [1.165, 1.54) is 17.7 Å². The molecule has 0 amide bonds. The summed E-state index contributed by atoms with van der Waals surface area (Å²) in [6, 6.07) is 13.8. The Morgan fingerprint density at radius 2 is 1.74 bits per heavy atom. The molecule has 98 valence electrons. The van der Waals surface area contributed by atoms with Gasteiger partial charge in [-0.05, 0) is 60.7 Å². The van der Waals surface area contributed by atoms with Crippen molar-refractivity contribution in [1.29, 1.82) is 0 Å². The fourth-order valence-electron chi connectivity index (χ4n) is 2.33. The monoisotopic (exact) mass is 258 g/mol. The van der Waals surface area contributed by atoms with Gasteiger partial charge < -0.3 is 9.84 Å². The van der Waals surface area contributed by atoms with Gasteiger partial charge in [0.25, 0.3) is 0 Å². The standard InChI is InChI=1S/C16H15FO2/c17-13-4-6-15(7-5-13)19-16-3-1-2-11(10-16)12-8-14(18)9-12/h1-7,10,12,14,18H,8-9H2/t12-,14-. The summed E-state index contributed by atoms with van der Waals surface area (Å²) in [6.07, 6.45) is 1.48. The van der Waals surface area contributed by atoms with E-state index in [4.69, 9.17) is 4.74 Å². The zero-order valence-corrected chi connectivity index (χ0v) is 10.4. The molecule has 1 N–H and O–H groups in total. The lowest BCUT2D eigenvalue weighted by Gasteiger charge is -2.31. The molecule has 0 unspecified atom stereocenters. The SMILES string of the molecule is O[C@H]1C[C@H](c2cccc(Oc3ccc(F)cc3)c2)C1. The van der Waals surface area contributed by atoms with Crippen molar-refractivity contribution in [2.45, 2.75) is 24.9 Å². The summed E-state index contributed by atoms with van der Waals surface area (Å²) in [7, 11) is 0. The smallest absolute Gasteiger partial charge is 0.127 e. The molecule has 0 aromatic heterocycles. The molecule has 0 heterocycles. The van der Waals surface area contributed by atoms with Gasteiger partial charge in [0.05, 0.1) is 6.10 Å². The summed E-state index contributed by atoms with van der Waals surface area (Å²) in [5, 5.41) is 9.34. The molecule has 0 radical (unpaired) electrons. The first kappa shape index (κ1) is 12.2. The van der Waals surface area contributed by atoms with E-state index in [2.05, 4.69) is 0 Å². The molecule has 2 aromatic rings. The lowest BCUT2D eigenvalue weighted by molar-refractivity contribution is 0.0746. The Bertz CT molecular complexity index is 559. The van der Waals surface area contributed by atoms with Crippen LogP contribution in [0.2, 0.25) is 0 Å². The maximum atomic E-state index is 12.8. The second-order valence-electron chi connectivity index (χ2n) is 4.95. The van der Waals surface area contributed by atoms with Crippen LogP contribution in [0.3, 0.4) is 0 Å². The Labute approximate surface area is 111 Å². The van der Waals surface area contributed by atoms with Crippen LogP contribution in [0.5, 0.6) is 11.5 Å². The predicted octanol–water partition coefficient (Wildman–Crippen LogP) is 3.86. The average Bonchev–Trinajstić information content (AvgIpc) is 2.38. The minimum absolute atomic E-state index is 0.160. The molecule has 2 aromatic carbocycles. The molecule has 19 heavy (non-hydrogen) atoms. The van der Waals surface area contributed by atoms with Crippen molar-refractivity contribution in [3.63, 3.8) is 0 Å². The van der Waals surface area contributed by atoms with Crippen molar-refractivity contribution in [1.82, 2.24) is 0 Å². The molecule has 1 aliphatic carbocycles. The third kappa shape index (κ3) is 2.76. The average molecular weight is 258 g/mol. The summed E-state index contributed by atoms with van der Waals surface area (Å²) >= 11 is 0. The van der Waals surface area contributed by atoms with Gasteiger partial charge in [-0.1, -0.05) is 12.1 Å². The van der Waals surface area contributed by atoms with Crippen LogP contribution in [0.4, 0.5) is 4.39 Å². The van der Waals surface area contributed by atoms with Gasteiger partial charge in [0, 0.05) is 0 Å². The van der Waals surface area contributed by atoms with E-state index < -0.39 is 0 Å². The molecular weight excluding hydrogens is 243 g/mol. The van der Waals surface area contributed by atoms with E-state index in [-0.39, 0.29) is 11.9 Å². The maximum Gasteiger partial charge on any atom is 0.127 e. The molecule has 1 fully saturated rings. The first-order valence-corrected chi connectivity index (χ1v) is 6.42. The van der Waals surface area contributed by atoms with Gasteiger partial charge in [0.2, 0.25) is 0 Å². The van der Waals surface area contributed by atoms with Gasteiger partial charge in [-0.15, -0.1) is 0 Å². The van der Waals surface area contributed by atoms with Gasteiger partial charge >= 0.3 is 0 Å². The number of halogens is 1. The minimum atomic E-state index is -0.274. The van der Waals surface area contributed by atoms with E-state index in [9.17, 15) is 9.50 Å². The summed E-state index contributed by atoms with van der Waals surface area (Å²) in [5.41, 5.74) is 1.19. The Hall–Kier alpha value is -1.87. The van der Waals surface area contributed by atoms with Crippen molar-refractivity contribution >= 4 is 0 Å². The third-order valence-corrected chi connectivity index (χ3v) is 3.49. The highest BCUT2D eigenvalue weighted by atomic mass is 19.1. The highest BCUT2D eigenvalue weighted by Crippen LogP contribution is 2.38. The molecule has 2 nitrogen and oxygen atoms in total. The fourth-order valence-corrected chi connectivity index (χ4v) is 2.33. The van der Waals surface area contributed by atoms with Crippen LogP contribution >= 0.6 is 0 Å². The lowest BCUT2D eigenvalue weighted by Crippen LogP contribution is -2.26. The highest BCUT2D eigenvalue weighted by Gasteiger charge is 2.28. The van der Waals surface area contributed by atoms with Crippen LogP contribution in [0, 0.1) is 5.82 Å². The summed E-state index contributed by atoms with van der Waals surface area (Å²) < 4.78 is 18.5. The summed E-state index contributed by atoms with van der Waals surface area (Å²) in [4.78, 5) is 0. The van der Waals surface area contributed by atoms with Crippen LogP contribution in [-0.2, 0) is 0 Å². The fraction of sp³-hybridized carbons (Fsp3) is 0.250. The molecule has 0 spiro atoms. The Balaban J connectivity index is 1.74. The Morgan fingerprint density at radius 3 is 2.42 bits per heavy atom. The normalized spacial score (nSPS) is 21.8. The first-order valence-electron chi connectivity index (χ1n) is 6.42. The van der Waals surface area contributed by atoms with Crippen molar-refractivity contribution in [3.05, 3.63) is 59.9 Å². The van der Waals surface area contributed by atoms with Crippen molar-refractivity contribution in [2.75, 3.05) is 0 Å². The number of hydrogen-bond donors (Lipinski definition) is 1. The van der Waals surface area contributed by atoms with Crippen LogP contribution in [-0.4, -0.2) is 11.2 Å². The summed E-state index contributed by atoms with van der Waals surface area (Å²) in [5.74, 6) is 1.51. The van der Waals surface area contributed by atoms with Crippen LogP contribution < -0.4 is 4.74 Å². The number of hydrogen-bond acceptors (Lipinski definition) is 2. The van der Waals surface area contributed by atoms with Crippen molar-refractivity contribution < 1.29 is 14.2 Å². The van der Waals surface area contributed by atoms with Gasteiger partial charge in [-0.3, -0.25) is 0 Å². The molecule has 0 atom stereocenters. The van der Waals surface area contributed by atoms with E-state index in [1.807, 2.05) is 24.3 Å². The number of benzene rings is 2. The number of aliphatic hydroxyl groups is 1. The number of rotatable bonds is 3. The second kappa shape index (κ2) is 5.02. The topological polar surface area (TPSA) is 29.5 Å². The molecule has 0 bridgehead atoms. The maximum absolute atomic E-state index is 12.8. The minimum Gasteiger partial charge on any atom is -0.457 e. The van der Waals surface area contributed by atoms with Crippen LogP contribution in [0.1, 0.15) is 24.3 Å². The number of ether oxygens (including phenoxy) is 1. The molecule has 0 saturated heterocycles. The van der Waals surface area contributed by atoms with Gasteiger partial charge in [0.1, 0.15) is 17.3 Å². The zero-order valence-electron chi connectivity index (χ0n) is 10.4. The van der Waals surface area contributed by atoms with Gasteiger partial charge in [-0.25, -0.2) is 4.39 Å². The van der Waals surface area contributed by atoms with Crippen molar-refractivity contribution in [3.8, 4) is 11.5 Å². The van der Waals surface area contributed by atoms with E-state index >= 15 is 0 Å². The molecule has 3 heteroatoms. The van der Waals surface area contributed by atoms with Gasteiger partial charge in [0.15, 0.2) is 0 Å². The Morgan fingerprint density at radius 1 is 1.00 bits per heavy atom. The lowest BCUT2D eigenvalue weighted by atomic mass is 9.78. The van der Waals surface area contributed by atoms with E-state index in [1.54, 1.807) is 12.1 Å². The highest BCUT2D eigenvalue weighted by molar-refractivity contribution is 5.36. The van der Waals surface area contributed by atoms with E-state index in [0.29, 0.717) is 11.7 Å². The van der Waals surface area contributed by atoms with E-state index in [0.717, 1.165) is 18.6 Å². The molecule has 0 aliphatic heterocycles. The first-order chi connectivity index (χ1) is 9.20. The third-order valence-electron chi connectivity index (χ3n) is 3.49. The zero-order chi connectivity index (χ0) is 13.2. The molecule has 3 rings (SSSR count). The van der Waals surface area contributed by atoms with Crippen molar-refractivity contribution in [2.24, 2.45) is 0 Å².